The number of rotatable bonds is 4. The summed E-state index contributed by atoms with van der Waals surface area (Å²) < 4.78 is 5.66. The van der Waals surface area contributed by atoms with E-state index in [2.05, 4.69) is 30.4 Å². The quantitative estimate of drug-likeness (QED) is 0.746. The molecule has 1 unspecified atom stereocenters. The van der Waals surface area contributed by atoms with Gasteiger partial charge in [0.15, 0.2) is 0 Å². The Hall–Kier alpha value is -1.77. The number of benzene rings is 2. The van der Waals surface area contributed by atoms with Crippen molar-refractivity contribution in [3.8, 4) is 0 Å². The summed E-state index contributed by atoms with van der Waals surface area (Å²) >= 11 is 5.97. The first-order chi connectivity index (χ1) is 9.79. The minimum atomic E-state index is 0.112. The van der Waals surface area contributed by atoms with Gasteiger partial charge in [-0.1, -0.05) is 48.9 Å². The van der Waals surface area contributed by atoms with E-state index in [0.717, 1.165) is 28.1 Å². The lowest BCUT2D eigenvalue weighted by Crippen LogP contribution is -2.21. The van der Waals surface area contributed by atoms with Crippen molar-refractivity contribution < 1.29 is 4.42 Å². The summed E-state index contributed by atoms with van der Waals surface area (Å²) in [6, 6.07) is 16.2. The Labute approximate surface area is 123 Å². The fourth-order valence-electron chi connectivity index (χ4n) is 2.49. The normalized spacial score (nSPS) is 12.7. The maximum atomic E-state index is 5.97. The number of furan rings is 1. The molecule has 3 aromatic rings. The van der Waals surface area contributed by atoms with Gasteiger partial charge < -0.3 is 9.73 Å². The molecule has 0 aliphatic heterocycles. The van der Waals surface area contributed by atoms with Crippen LogP contribution in [-0.2, 0) is 0 Å². The van der Waals surface area contributed by atoms with Gasteiger partial charge in [0.2, 0.25) is 0 Å². The zero-order chi connectivity index (χ0) is 13.9. The van der Waals surface area contributed by atoms with E-state index in [0.29, 0.717) is 0 Å². The molecule has 0 spiro atoms. The highest BCUT2D eigenvalue weighted by Crippen LogP contribution is 2.31. The van der Waals surface area contributed by atoms with Crippen LogP contribution < -0.4 is 5.32 Å². The fraction of sp³-hybridized carbons (Fsp3) is 0.176. The van der Waals surface area contributed by atoms with Crippen molar-refractivity contribution in [2.45, 2.75) is 13.0 Å². The van der Waals surface area contributed by atoms with Crippen molar-refractivity contribution in [1.82, 2.24) is 5.32 Å². The third kappa shape index (κ3) is 2.45. The first-order valence-electron chi connectivity index (χ1n) is 6.74. The Morgan fingerprint density at radius 1 is 1.10 bits per heavy atom. The Kier molecular flexibility index (Phi) is 3.77. The first-order valence-corrected chi connectivity index (χ1v) is 7.12. The van der Waals surface area contributed by atoms with E-state index < -0.39 is 0 Å². The van der Waals surface area contributed by atoms with Crippen molar-refractivity contribution >= 4 is 22.6 Å². The standard InChI is InChI=1S/C17H16ClNO/c1-2-19-17(12-7-9-13(18)10-8-12)15-11-20-16-6-4-3-5-14(15)16/h3-11,17,19H,2H2,1H3. The summed E-state index contributed by atoms with van der Waals surface area (Å²) in [5.41, 5.74) is 3.26. The highest BCUT2D eigenvalue weighted by Gasteiger charge is 2.17. The van der Waals surface area contributed by atoms with E-state index >= 15 is 0 Å². The van der Waals surface area contributed by atoms with E-state index in [9.17, 15) is 0 Å². The predicted molar refractivity (Wildman–Crippen MR) is 83.2 cm³/mol. The van der Waals surface area contributed by atoms with Crippen LogP contribution in [0.25, 0.3) is 11.0 Å². The Bertz CT molecular complexity index is 702. The van der Waals surface area contributed by atoms with E-state index in [1.807, 2.05) is 36.6 Å². The Morgan fingerprint density at radius 2 is 1.85 bits per heavy atom. The number of nitrogens with one attached hydrogen (secondary N) is 1. The summed E-state index contributed by atoms with van der Waals surface area (Å²) in [6.45, 7) is 2.98. The molecule has 1 atom stereocenters. The van der Waals surface area contributed by atoms with Gasteiger partial charge in [-0.05, 0) is 30.3 Å². The maximum absolute atomic E-state index is 5.97. The maximum Gasteiger partial charge on any atom is 0.134 e. The minimum absolute atomic E-state index is 0.112. The van der Waals surface area contributed by atoms with Gasteiger partial charge >= 0.3 is 0 Å². The molecule has 3 rings (SSSR count). The number of fused-ring (bicyclic) bond motifs is 1. The average Bonchev–Trinajstić information content (AvgIpc) is 2.90. The molecule has 1 N–H and O–H groups in total. The molecule has 102 valence electrons. The van der Waals surface area contributed by atoms with Crippen LogP contribution in [0.5, 0.6) is 0 Å². The third-order valence-electron chi connectivity index (χ3n) is 3.43. The number of hydrogen-bond donors (Lipinski definition) is 1. The predicted octanol–water partition coefficient (Wildman–Crippen LogP) is 4.79. The summed E-state index contributed by atoms with van der Waals surface area (Å²) in [4.78, 5) is 0. The monoisotopic (exact) mass is 285 g/mol. The fourth-order valence-corrected chi connectivity index (χ4v) is 2.61. The summed E-state index contributed by atoms with van der Waals surface area (Å²) in [5, 5.41) is 5.41. The zero-order valence-corrected chi connectivity index (χ0v) is 12.0. The van der Waals surface area contributed by atoms with Crippen LogP contribution in [0.4, 0.5) is 0 Å². The summed E-state index contributed by atoms with van der Waals surface area (Å²) in [7, 11) is 0. The molecule has 1 aromatic heterocycles. The van der Waals surface area contributed by atoms with Crippen molar-refractivity contribution in [3.63, 3.8) is 0 Å². The van der Waals surface area contributed by atoms with Crippen molar-refractivity contribution in [2.24, 2.45) is 0 Å². The van der Waals surface area contributed by atoms with Gasteiger partial charge in [0.1, 0.15) is 5.58 Å². The van der Waals surface area contributed by atoms with Crippen LogP contribution in [0.15, 0.2) is 59.2 Å². The third-order valence-corrected chi connectivity index (χ3v) is 3.69. The first kappa shape index (κ1) is 13.2. The van der Waals surface area contributed by atoms with Crippen LogP contribution in [0.2, 0.25) is 5.02 Å². The lowest BCUT2D eigenvalue weighted by Gasteiger charge is -2.17. The molecule has 2 aromatic carbocycles. The number of halogens is 1. The summed E-state index contributed by atoms with van der Waals surface area (Å²) in [6.07, 6.45) is 1.84. The van der Waals surface area contributed by atoms with E-state index in [1.54, 1.807) is 0 Å². The number of hydrogen-bond acceptors (Lipinski definition) is 2. The molecule has 20 heavy (non-hydrogen) atoms. The van der Waals surface area contributed by atoms with Gasteiger partial charge in [0.25, 0.3) is 0 Å². The number of para-hydroxylation sites is 1. The molecule has 1 heterocycles. The molecular weight excluding hydrogens is 270 g/mol. The lowest BCUT2D eigenvalue weighted by molar-refractivity contribution is 0.584. The van der Waals surface area contributed by atoms with Crippen LogP contribution >= 0.6 is 11.6 Å². The Balaban J connectivity index is 2.08. The van der Waals surface area contributed by atoms with Gasteiger partial charge in [-0.25, -0.2) is 0 Å². The summed E-state index contributed by atoms with van der Waals surface area (Å²) in [5.74, 6) is 0. The van der Waals surface area contributed by atoms with Crippen molar-refractivity contribution in [2.75, 3.05) is 6.54 Å². The van der Waals surface area contributed by atoms with Crippen LogP contribution in [0.3, 0.4) is 0 Å². The Morgan fingerprint density at radius 3 is 2.60 bits per heavy atom. The van der Waals surface area contributed by atoms with Gasteiger partial charge in [0, 0.05) is 16.0 Å². The minimum Gasteiger partial charge on any atom is -0.464 e. The molecule has 0 radical (unpaired) electrons. The van der Waals surface area contributed by atoms with E-state index in [1.165, 1.54) is 5.56 Å². The molecule has 0 fully saturated rings. The van der Waals surface area contributed by atoms with Crippen molar-refractivity contribution in [3.05, 3.63) is 70.9 Å². The molecule has 0 aliphatic carbocycles. The van der Waals surface area contributed by atoms with Gasteiger partial charge in [-0.2, -0.15) is 0 Å². The lowest BCUT2D eigenvalue weighted by atomic mass is 9.98. The van der Waals surface area contributed by atoms with Crippen LogP contribution in [0, 0.1) is 0 Å². The second-order valence-electron chi connectivity index (χ2n) is 4.73. The highest BCUT2D eigenvalue weighted by molar-refractivity contribution is 6.30. The van der Waals surface area contributed by atoms with Gasteiger partial charge in [-0.3, -0.25) is 0 Å². The molecule has 2 nitrogen and oxygen atoms in total. The van der Waals surface area contributed by atoms with E-state index in [-0.39, 0.29) is 6.04 Å². The van der Waals surface area contributed by atoms with Crippen molar-refractivity contribution in [1.29, 1.82) is 0 Å². The van der Waals surface area contributed by atoms with Crippen LogP contribution in [-0.4, -0.2) is 6.54 Å². The zero-order valence-electron chi connectivity index (χ0n) is 11.3. The molecule has 0 bridgehead atoms. The topological polar surface area (TPSA) is 25.2 Å². The average molecular weight is 286 g/mol. The molecular formula is C17H16ClNO. The largest absolute Gasteiger partial charge is 0.464 e. The second-order valence-corrected chi connectivity index (χ2v) is 5.17. The molecule has 3 heteroatoms. The van der Waals surface area contributed by atoms with Gasteiger partial charge in [0.05, 0.1) is 12.3 Å². The van der Waals surface area contributed by atoms with E-state index in [4.69, 9.17) is 16.0 Å². The highest BCUT2D eigenvalue weighted by atomic mass is 35.5. The molecule has 0 saturated carbocycles. The van der Waals surface area contributed by atoms with Crippen LogP contribution in [0.1, 0.15) is 24.1 Å². The second kappa shape index (κ2) is 5.70. The molecule has 0 amide bonds. The SMILES string of the molecule is CCNC(c1ccc(Cl)cc1)c1coc2ccccc12. The molecule has 0 saturated heterocycles. The molecule has 0 aliphatic rings. The smallest absolute Gasteiger partial charge is 0.134 e. The van der Waals surface area contributed by atoms with Gasteiger partial charge in [-0.15, -0.1) is 0 Å².